The van der Waals surface area contributed by atoms with Gasteiger partial charge in [0.2, 0.25) is 5.91 Å². The minimum atomic E-state index is -0.389. The van der Waals surface area contributed by atoms with Crippen LogP contribution in [0.2, 0.25) is 0 Å². The van der Waals surface area contributed by atoms with Gasteiger partial charge >= 0.3 is 0 Å². The highest BCUT2D eigenvalue weighted by Crippen LogP contribution is 2.24. The van der Waals surface area contributed by atoms with Crippen LogP contribution in [0.4, 0.5) is 0 Å². The SMILES string of the molecule is O=C(Cn1nc(-c2ccccc2)ccc1=O)NC(c1ccccc1)c1ccc2nc[nH]c2c1. The molecule has 0 fully saturated rings. The molecule has 2 N–H and O–H groups in total. The van der Waals surface area contributed by atoms with E-state index in [0.29, 0.717) is 5.69 Å². The molecule has 1 amide bonds. The van der Waals surface area contributed by atoms with E-state index in [1.807, 2.05) is 78.9 Å². The smallest absolute Gasteiger partial charge is 0.267 e. The summed E-state index contributed by atoms with van der Waals surface area (Å²) in [6.45, 7) is -0.185. The fourth-order valence-corrected chi connectivity index (χ4v) is 3.81. The summed E-state index contributed by atoms with van der Waals surface area (Å²) >= 11 is 0. The number of aromatic amines is 1. The van der Waals surface area contributed by atoms with E-state index < -0.39 is 0 Å². The van der Waals surface area contributed by atoms with Gasteiger partial charge < -0.3 is 10.3 Å². The van der Waals surface area contributed by atoms with Crippen LogP contribution >= 0.6 is 0 Å². The van der Waals surface area contributed by atoms with Crippen LogP contribution in [0.15, 0.2) is 102 Å². The van der Waals surface area contributed by atoms with Crippen molar-refractivity contribution in [1.29, 1.82) is 0 Å². The maximum atomic E-state index is 13.1. The van der Waals surface area contributed by atoms with Crippen LogP contribution in [0.5, 0.6) is 0 Å². The molecule has 2 heterocycles. The van der Waals surface area contributed by atoms with Gasteiger partial charge in [0.25, 0.3) is 5.56 Å². The average Bonchev–Trinajstić information content (AvgIpc) is 3.33. The number of nitrogens with one attached hydrogen (secondary N) is 2. The third kappa shape index (κ3) is 4.43. The molecule has 0 spiro atoms. The molecule has 1 unspecified atom stereocenters. The van der Waals surface area contributed by atoms with Gasteiger partial charge in [0.15, 0.2) is 0 Å². The number of rotatable bonds is 6. The first-order valence-electron chi connectivity index (χ1n) is 10.6. The topological polar surface area (TPSA) is 92.7 Å². The van der Waals surface area contributed by atoms with Crippen molar-refractivity contribution in [3.63, 3.8) is 0 Å². The van der Waals surface area contributed by atoms with Gasteiger partial charge in [0.05, 0.1) is 29.1 Å². The van der Waals surface area contributed by atoms with Gasteiger partial charge in [0, 0.05) is 11.6 Å². The molecular weight excluding hydrogens is 414 g/mol. The van der Waals surface area contributed by atoms with E-state index in [1.54, 1.807) is 12.4 Å². The van der Waals surface area contributed by atoms with E-state index in [-0.39, 0.29) is 24.1 Å². The molecule has 1 atom stereocenters. The number of carbonyl (C=O) groups is 1. The first-order chi connectivity index (χ1) is 16.2. The molecule has 0 radical (unpaired) electrons. The second-order valence-electron chi connectivity index (χ2n) is 7.67. The number of aromatic nitrogens is 4. The number of hydrogen-bond donors (Lipinski definition) is 2. The Labute approximate surface area is 189 Å². The summed E-state index contributed by atoms with van der Waals surface area (Å²) in [6.07, 6.45) is 1.64. The summed E-state index contributed by atoms with van der Waals surface area (Å²) in [5, 5.41) is 7.47. The van der Waals surface area contributed by atoms with E-state index >= 15 is 0 Å². The Hall–Kier alpha value is -4.52. The molecule has 0 aliphatic heterocycles. The number of hydrogen-bond acceptors (Lipinski definition) is 4. The highest BCUT2D eigenvalue weighted by molar-refractivity contribution is 5.78. The minimum absolute atomic E-state index is 0.185. The van der Waals surface area contributed by atoms with Crippen molar-refractivity contribution in [2.45, 2.75) is 12.6 Å². The standard InChI is InChI=1S/C26H21N5O2/c32-24(16-31-25(33)14-13-21(30-31)18-7-3-1-4-8-18)29-26(19-9-5-2-6-10-19)20-11-12-22-23(15-20)28-17-27-22/h1-15,17,26H,16H2,(H,27,28)(H,29,32). The van der Waals surface area contributed by atoms with Crippen LogP contribution in [0.3, 0.4) is 0 Å². The Morgan fingerprint density at radius 2 is 1.67 bits per heavy atom. The number of fused-ring (bicyclic) bond motifs is 1. The molecule has 7 nitrogen and oxygen atoms in total. The van der Waals surface area contributed by atoms with Gasteiger partial charge in [-0.05, 0) is 29.3 Å². The Kier molecular flexibility index (Phi) is 5.51. The number of carbonyl (C=O) groups excluding carboxylic acids is 1. The lowest BCUT2D eigenvalue weighted by Crippen LogP contribution is -2.36. The van der Waals surface area contributed by atoms with Crippen molar-refractivity contribution in [3.05, 3.63) is 119 Å². The van der Waals surface area contributed by atoms with Crippen LogP contribution in [0, 0.1) is 0 Å². The van der Waals surface area contributed by atoms with E-state index in [4.69, 9.17) is 0 Å². The third-order valence-electron chi connectivity index (χ3n) is 5.45. The average molecular weight is 435 g/mol. The minimum Gasteiger partial charge on any atom is -0.345 e. The zero-order chi connectivity index (χ0) is 22.6. The fraction of sp³-hybridized carbons (Fsp3) is 0.0769. The molecule has 5 rings (SSSR count). The molecule has 2 aromatic heterocycles. The van der Waals surface area contributed by atoms with Crippen LogP contribution in [-0.2, 0) is 11.3 Å². The summed E-state index contributed by atoms with van der Waals surface area (Å²) in [6, 6.07) is 27.8. The van der Waals surface area contributed by atoms with Gasteiger partial charge in [-0.1, -0.05) is 66.7 Å². The van der Waals surface area contributed by atoms with Gasteiger partial charge in [-0.25, -0.2) is 9.67 Å². The quantitative estimate of drug-likeness (QED) is 0.425. The van der Waals surface area contributed by atoms with Crippen molar-refractivity contribution < 1.29 is 4.79 Å². The molecule has 0 bridgehead atoms. The van der Waals surface area contributed by atoms with E-state index in [9.17, 15) is 9.59 Å². The maximum absolute atomic E-state index is 13.1. The van der Waals surface area contributed by atoms with Gasteiger partial charge in [-0.2, -0.15) is 5.10 Å². The van der Waals surface area contributed by atoms with Crippen molar-refractivity contribution in [2.24, 2.45) is 0 Å². The predicted octanol–water partition coefficient (Wildman–Crippen LogP) is 3.69. The first-order valence-corrected chi connectivity index (χ1v) is 10.6. The highest BCUT2D eigenvalue weighted by atomic mass is 16.2. The van der Waals surface area contributed by atoms with E-state index in [1.165, 1.54) is 10.7 Å². The molecule has 0 saturated carbocycles. The Morgan fingerprint density at radius 1 is 0.909 bits per heavy atom. The van der Waals surface area contributed by atoms with Crippen LogP contribution in [-0.4, -0.2) is 25.7 Å². The Bertz CT molecular complexity index is 1460. The van der Waals surface area contributed by atoms with E-state index in [0.717, 1.165) is 27.7 Å². The number of benzene rings is 3. The predicted molar refractivity (Wildman–Crippen MR) is 126 cm³/mol. The van der Waals surface area contributed by atoms with Crippen LogP contribution in [0.25, 0.3) is 22.3 Å². The third-order valence-corrected chi connectivity index (χ3v) is 5.45. The summed E-state index contributed by atoms with van der Waals surface area (Å²) in [4.78, 5) is 32.8. The number of imidazole rings is 1. The lowest BCUT2D eigenvalue weighted by atomic mass is 9.98. The normalized spacial score (nSPS) is 11.9. The first kappa shape index (κ1) is 20.4. The molecule has 5 aromatic rings. The summed E-state index contributed by atoms with van der Waals surface area (Å²) < 4.78 is 1.19. The maximum Gasteiger partial charge on any atom is 0.267 e. The van der Waals surface area contributed by atoms with Crippen molar-refractivity contribution >= 4 is 16.9 Å². The number of amides is 1. The van der Waals surface area contributed by atoms with Crippen LogP contribution in [0.1, 0.15) is 17.2 Å². The second-order valence-corrected chi connectivity index (χ2v) is 7.67. The fourth-order valence-electron chi connectivity index (χ4n) is 3.81. The molecule has 0 aliphatic carbocycles. The monoisotopic (exact) mass is 435 g/mol. The second kappa shape index (κ2) is 8.92. The summed E-state index contributed by atoms with van der Waals surface area (Å²) in [5.41, 5.74) is 4.75. The highest BCUT2D eigenvalue weighted by Gasteiger charge is 2.18. The zero-order valence-electron chi connectivity index (χ0n) is 17.7. The number of H-pyrrole nitrogens is 1. The lowest BCUT2D eigenvalue weighted by Gasteiger charge is -2.20. The zero-order valence-corrected chi connectivity index (χ0v) is 17.7. The Morgan fingerprint density at radius 3 is 2.45 bits per heavy atom. The van der Waals surface area contributed by atoms with Crippen molar-refractivity contribution in [1.82, 2.24) is 25.1 Å². The number of nitrogens with zero attached hydrogens (tertiary/aromatic N) is 3. The summed E-state index contributed by atoms with van der Waals surface area (Å²) in [5.74, 6) is -0.312. The Balaban J connectivity index is 1.43. The molecule has 7 heteroatoms. The molecular formula is C26H21N5O2. The molecule has 33 heavy (non-hydrogen) atoms. The lowest BCUT2D eigenvalue weighted by molar-refractivity contribution is -0.122. The molecule has 162 valence electrons. The summed E-state index contributed by atoms with van der Waals surface area (Å²) in [7, 11) is 0. The van der Waals surface area contributed by atoms with Gasteiger partial charge in [-0.3, -0.25) is 9.59 Å². The molecule has 3 aromatic carbocycles. The molecule has 0 saturated heterocycles. The molecule has 0 aliphatic rings. The van der Waals surface area contributed by atoms with E-state index in [2.05, 4.69) is 20.4 Å². The van der Waals surface area contributed by atoms with Gasteiger partial charge in [-0.15, -0.1) is 0 Å². The van der Waals surface area contributed by atoms with Gasteiger partial charge in [0.1, 0.15) is 6.54 Å². The van der Waals surface area contributed by atoms with Crippen LogP contribution < -0.4 is 10.9 Å². The largest absolute Gasteiger partial charge is 0.345 e. The van der Waals surface area contributed by atoms with Crippen molar-refractivity contribution in [3.8, 4) is 11.3 Å². The van der Waals surface area contributed by atoms with Crippen molar-refractivity contribution in [2.75, 3.05) is 0 Å².